The molecule has 1 saturated carbocycles. The Balaban J connectivity index is 2.28. The molecule has 0 amide bonds. The van der Waals surface area contributed by atoms with Crippen molar-refractivity contribution in [3.05, 3.63) is 29.3 Å². The van der Waals surface area contributed by atoms with Crippen LogP contribution in [0.25, 0.3) is 0 Å². The van der Waals surface area contributed by atoms with Crippen molar-refractivity contribution in [3.8, 4) is 11.8 Å². The number of aryl methyl sites for hydroxylation is 1. The molecule has 1 aliphatic carbocycles. The molecular formula is C16H21NO. The summed E-state index contributed by atoms with van der Waals surface area (Å²) >= 11 is 0. The fourth-order valence-corrected chi connectivity index (χ4v) is 3.11. The average molecular weight is 243 g/mol. The maximum atomic E-state index is 9.54. The van der Waals surface area contributed by atoms with Crippen LogP contribution in [0.2, 0.25) is 0 Å². The molecule has 0 heterocycles. The second kappa shape index (κ2) is 5.02. The summed E-state index contributed by atoms with van der Waals surface area (Å²) in [5, 5.41) is 9.54. The zero-order valence-corrected chi connectivity index (χ0v) is 11.5. The van der Waals surface area contributed by atoms with E-state index in [9.17, 15) is 5.26 Å². The lowest BCUT2D eigenvalue weighted by atomic mass is 9.80. The van der Waals surface area contributed by atoms with Crippen LogP contribution in [0.1, 0.15) is 37.3 Å². The lowest BCUT2D eigenvalue weighted by molar-refractivity contribution is 0.369. The Labute approximate surface area is 110 Å². The molecule has 0 bridgehead atoms. The van der Waals surface area contributed by atoms with Crippen LogP contribution in [0.15, 0.2) is 18.2 Å². The predicted octanol–water partition coefficient (Wildman–Crippen LogP) is 3.88. The minimum atomic E-state index is -0.180. The van der Waals surface area contributed by atoms with Crippen LogP contribution in [0, 0.1) is 29.6 Å². The fraction of sp³-hybridized carbons (Fsp3) is 0.562. The number of hydrogen-bond acceptors (Lipinski definition) is 2. The van der Waals surface area contributed by atoms with Crippen molar-refractivity contribution >= 4 is 0 Å². The van der Waals surface area contributed by atoms with Gasteiger partial charge in [-0.05, 0) is 50.2 Å². The van der Waals surface area contributed by atoms with E-state index < -0.39 is 0 Å². The first-order chi connectivity index (χ1) is 8.58. The van der Waals surface area contributed by atoms with Gasteiger partial charge in [0.1, 0.15) is 5.75 Å². The van der Waals surface area contributed by atoms with Crippen LogP contribution in [-0.2, 0) is 6.42 Å². The molecule has 0 aliphatic heterocycles. The molecule has 1 aromatic carbocycles. The van der Waals surface area contributed by atoms with Gasteiger partial charge >= 0.3 is 0 Å². The number of nitrogens with zero attached hydrogens (tertiary/aromatic N) is 1. The third-order valence-corrected chi connectivity index (χ3v) is 4.06. The van der Waals surface area contributed by atoms with Crippen molar-refractivity contribution in [2.24, 2.45) is 11.3 Å². The average Bonchev–Trinajstić information content (AvgIpc) is 2.72. The Kier molecular flexibility index (Phi) is 3.61. The van der Waals surface area contributed by atoms with Crippen molar-refractivity contribution in [1.82, 2.24) is 0 Å². The molecule has 96 valence electrons. The van der Waals surface area contributed by atoms with E-state index in [1.165, 1.54) is 17.5 Å². The van der Waals surface area contributed by atoms with E-state index in [4.69, 9.17) is 4.74 Å². The Hall–Kier alpha value is -1.49. The van der Waals surface area contributed by atoms with Gasteiger partial charge in [-0.15, -0.1) is 0 Å². The predicted molar refractivity (Wildman–Crippen MR) is 72.5 cm³/mol. The highest BCUT2D eigenvalue weighted by molar-refractivity contribution is 5.38. The maximum absolute atomic E-state index is 9.54. The van der Waals surface area contributed by atoms with Crippen LogP contribution >= 0.6 is 0 Å². The zero-order valence-electron chi connectivity index (χ0n) is 11.5. The second-order valence-corrected chi connectivity index (χ2v) is 5.73. The fourth-order valence-electron chi connectivity index (χ4n) is 3.11. The summed E-state index contributed by atoms with van der Waals surface area (Å²) in [6, 6.07) is 8.79. The number of hydrogen-bond donors (Lipinski definition) is 0. The van der Waals surface area contributed by atoms with E-state index >= 15 is 0 Å². The summed E-state index contributed by atoms with van der Waals surface area (Å²) in [6.45, 7) is 4.33. The molecule has 0 spiro atoms. The first-order valence-corrected chi connectivity index (χ1v) is 6.63. The van der Waals surface area contributed by atoms with Crippen LogP contribution in [0.3, 0.4) is 0 Å². The highest BCUT2D eigenvalue weighted by Gasteiger charge is 2.38. The van der Waals surface area contributed by atoms with Gasteiger partial charge < -0.3 is 4.74 Å². The summed E-state index contributed by atoms with van der Waals surface area (Å²) < 4.78 is 5.42. The van der Waals surface area contributed by atoms with Crippen molar-refractivity contribution < 1.29 is 4.74 Å². The topological polar surface area (TPSA) is 33.0 Å². The lowest BCUT2D eigenvalue weighted by Crippen LogP contribution is -2.18. The first kappa shape index (κ1) is 13.0. The molecule has 0 radical (unpaired) electrons. The van der Waals surface area contributed by atoms with Crippen molar-refractivity contribution in [2.75, 3.05) is 7.11 Å². The highest BCUT2D eigenvalue weighted by atomic mass is 16.5. The Bertz CT molecular complexity index is 474. The lowest BCUT2D eigenvalue weighted by Gasteiger charge is -2.22. The summed E-state index contributed by atoms with van der Waals surface area (Å²) in [4.78, 5) is 0. The molecule has 0 N–H and O–H groups in total. The Morgan fingerprint density at radius 1 is 1.50 bits per heavy atom. The Morgan fingerprint density at radius 3 is 2.83 bits per heavy atom. The summed E-state index contributed by atoms with van der Waals surface area (Å²) in [7, 11) is 1.70. The quantitative estimate of drug-likeness (QED) is 0.807. The third-order valence-electron chi connectivity index (χ3n) is 4.06. The zero-order chi connectivity index (χ0) is 13.2. The van der Waals surface area contributed by atoms with Crippen molar-refractivity contribution in [1.29, 1.82) is 5.26 Å². The normalized spacial score (nSPS) is 26.9. The molecule has 2 unspecified atom stereocenters. The van der Waals surface area contributed by atoms with Gasteiger partial charge in [0.05, 0.1) is 18.6 Å². The van der Waals surface area contributed by atoms with Crippen LogP contribution in [0.5, 0.6) is 5.75 Å². The maximum Gasteiger partial charge on any atom is 0.122 e. The number of ether oxygens (including phenoxy) is 1. The van der Waals surface area contributed by atoms with E-state index in [1.807, 2.05) is 6.07 Å². The molecule has 0 saturated heterocycles. The molecule has 2 heteroatoms. The van der Waals surface area contributed by atoms with Crippen LogP contribution in [0.4, 0.5) is 0 Å². The summed E-state index contributed by atoms with van der Waals surface area (Å²) in [6.07, 6.45) is 4.02. The molecular weight excluding hydrogens is 222 g/mol. The molecule has 2 rings (SSSR count). The van der Waals surface area contributed by atoms with Gasteiger partial charge in [-0.2, -0.15) is 5.26 Å². The van der Waals surface area contributed by atoms with E-state index in [-0.39, 0.29) is 5.41 Å². The Morgan fingerprint density at radius 2 is 2.28 bits per heavy atom. The SMILES string of the molecule is COc1ccc(C)cc1CC1(C#N)CCC(C)C1. The molecule has 0 aromatic heterocycles. The first-order valence-electron chi connectivity index (χ1n) is 6.63. The molecule has 1 aromatic rings. The molecule has 2 nitrogen and oxygen atoms in total. The van der Waals surface area contributed by atoms with Crippen LogP contribution in [-0.4, -0.2) is 7.11 Å². The minimum absolute atomic E-state index is 0.180. The monoisotopic (exact) mass is 243 g/mol. The van der Waals surface area contributed by atoms with E-state index in [0.29, 0.717) is 5.92 Å². The molecule has 1 aliphatic rings. The smallest absolute Gasteiger partial charge is 0.122 e. The van der Waals surface area contributed by atoms with Crippen LogP contribution < -0.4 is 4.74 Å². The third kappa shape index (κ3) is 2.51. The van der Waals surface area contributed by atoms with Gasteiger partial charge in [0.2, 0.25) is 0 Å². The molecule has 2 atom stereocenters. The van der Waals surface area contributed by atoms with Gasteiger partial charge in [-0.1, -0.05) is 24.6 Å². The highest BCUT2D eigenvalue weighted by Crippen LogP contribution is 2.44. The van der Waals surface area contributed by atoms with Gasteiger partial charge in [0.25, 0.3) is 0 Å². The van der Waals surface area contributed by atoms with E-state index in [1.54, 1.807) is 7.11 Å². The minimum Gasteiger partial charge on any atom is -0.496 e. The number of nitriles is 1. The van der Waals surface area contributed by atoms with E-state index in [0.717, 1.165) is 25.0 Å². The summed E-state index contributed by atoms with van der Waals surface area (Å²) in [5.41, 5.74) is 2.22. The van der Waals surface area contributed by atoms with Gasteiger partial charge in [0.15, 0.2) is 0 Å². The van der Waals surface area contributed by atoms with Gasteiger partial charge in [0, 0.05) is 0 Å². The largest absolute Gasteiger partial charge is 0.496 e. The van der Waals surface area contributed by atoms with Crippen molar-refractivity contribution in [2.45, 2.75) is 39.5 Å². The van der Waals surface area contributed by atoms with Gasteiger partial charge in [-0.3, -0.25) is 0 Å². The second-order valence-electron chi connectivity index (χ2n) is 5.73. The standard InChI is InChI=1S/C16H21NO/c1-12-4-5-15(18-3)14(8-12)10-16(11-17)7-6-13(2)9-16/h4-5,8,13H,6-7,9-10H2,1-3H3. The number of benzene rings is 1. The summed E-state index contributed by atoms with van der Waals surface area (Å²) in [5.74, 6) is 1.58. The number of rotatable bonds is 3. The number of methoxy groups -OCH3 is 1. The molecule has 18 heavy (non-hydrogen) atoms. The van der Waals surface area contributed by atoms with E-state index in [2.05, 4.69) is 32.0 Å². The van der Waals surface area contributed by atoms with Crippen molar-refractivity contribution in [3.63, 3.8) is 0 Å². The van der Waals surface area contributed by atoms with Gasteiger partial charge in [-0.25, -0.2) is 0 Å². The molecule has 1 fully saturated rings.